The molecule has 0 radical (unpaired) electrons. The number of anilines is 1. The van der Waals surface area contributed by atoms with Gasteiger partial charge in [0.1, 0.15) is 11.6 Å². The molecule has 1 aromatic heterocycles. The van der Waals surface area contributed by atoms with Crippen LogP contribution in [-0.4, -0.2) is 35.2 Å². The van der Waals surface area contributed by atoms with Crippen molar-refractivity contribution in [1.82, 2.24) is 9.78 Å². The van der Waals surface area contributed by atoms with Crippen molar-refractivity contribution in [2.45, 2.75) is 37.7 Å². The summed E-state index contributed by atoms with van der Waals surface area (Å²) >= 11 is 5.79. The highest BCUT2D eigenvalue weighted by molar-refractivity contribution is 6.32. The van der Waals surface area contributed by atoms with Gasteiger partial charge in [0.05, 0.1) is 18.0 Å². The molecular weight excluding hydrogens is 299 g/mol. The second kappa shape index (κ2) is 5.61. The molecule has 0 aliphatic heterocycles. The first-order valence-electron chi connectivity index (χ1n) is 5.92. The zero-order chi connectivity index (χ0) is 14.9. The molecular formula is C11H13ClF3N3O2. The second-order valence-electron chi connectivity index (χ2n) is 4.62. The van der Waals surface area contributed by atoms with Crippen molar-refractivity contribution in [2.75, 3.05) is 12.4 Å². The quantitative estimate of drug-likeness (QED) is 0.924. The largest absolute Gasteiger partial charge is 0.408 e. The minimum absolute atomic E-state index is 0.0807. The monoisotopic (exact) mass is 311 g/mol. The van der Waals surface area contributed by atoms with Crippen LogP contribution in [0.4, 0.5) is 18.9 Å². The zero-order valence-corrected chi connectivity index (χ0v) is 11.3. The van der Waals surface area contributed by atoms with Gasteiger partial charge in [-0.1, -0.05) is 11.6 Å². The van der Waals surface area contributed by atoms with Crippen LogP contribution in [-0.2, 0) is 11.3 Å². The summed E-state index contributed by atoms with van der Waals surface area (Å²) in [6.07, 6.45) is -1.73. The lowest BCUT2D eigenvalue weighted by Crippen LogP contribution is -2.41. The van der Waals surface area contributed by atoms with Gasteiger partial charge in [0.15, 0.2) is 0 Å². The first-order chi connectivity index (χ1) is 9.30. The Morgan fingerprint density at radius 1 is 1.55 bits per heavy atom. The Hall–Kier alpha value is -1.28. The van der Waals surface area contributed by atoms with Crippen LogP contribution in [0.1, 0.15) is 12.8 Å². The summed E-state index contributed by atoms with van der Waals surface area (Å²) in [6, 6.07) is 0.0807. The van der Waals surface area contributed by atoms with E-state index in [-0.39, 0.29) is 22.9 Å². The minimum atomic E-state index is -4.52. The number of aromatic nitrogens is 2. The lowest BCUT2D eigenvalue weighted by molar-refractivity contribution is -0.143. The molecule has 1 aliphatic carbocycles. The fourth-order valence-corrected chi connectivity index (χ4v) is 2.14. The molecule has 1 N–H and O–H groups in total. The van der Waals surface area contributed by atoms with E-state index >= 15 is 0 Å². The molecule has 0 atom stereocenters. The van der Waals surface area contributed by atoms with Gasteiger partial charge in [0, 0.05) is 13.2 Å². The number of alkyl halides is 3. The second-order valence-corrected chi connectivity index (χ2v) is 5.00. The Bertz CT molecular complexity index is 541. The summed E-state index contributed by atoms with van der Waals surface area (Å²) in [4.78, 5) is 11.7. The standard InChI is InChI=1S/C11H13ClF3N3O2/c1-20-7-2-6(3-7)17-8-4-16-18(5-11(13,14)15)10(19)9(8)12/h4,6-7,17H,2-3,5H2,1H3. The average molecular weight is 312 g/mol. The first-order valence-corrected chi connectivity index (χ1v) is 6.29. The van der Waals surface area contributed by atoms with Gasteiger partial charge < -0.3 is 10.1 Å². The summed E-state index contributed by atoms with van der Waals surface area (Å²) in [5.41, 5.74) is -0.716. The number of halogens is 4. The SMILES string of the molecule is COC1CC(Nc2cnn(CC(F)(F)F)c(=O)c2Cl)C1. The molecule has 0 spiro atoms. The van der Waals surface area contributed by atoms with E-state index in [0.29, 0.717) is 4.68 Å². The van der Waals surface area contributed by atoms with E-state index in [1.807, 2.05) is 0 Å². The number of nitrogens with one attached hydrogen (secondary N) is 1. The zero-order valence-electron chi connectivity index (χ0n) is 10.6. The van der Waals surface area contributed by atoms with Crippen molar-refractivity contribution < 1.29 is 17.9 Å². The van der Waals surface area contributed by atoms with Crippen LogP contribution in [0.15, 0.2) is 11.0 Å². The maximum atomic E-state index is 12.2. The molecule has 20 heavy (non-hydrogen) atoms. The lowest BCUT2D eigenvalue weighted by Gasteiger charge is -2.35. The highest BCUT2D eigenvalue weighted by Crippen LogP contribution is 2.28. The van der Waals surface area contributed by atoms with E-state index in [1.165, 1.54) is 0 Å². The molecule has 0 amide bonds. The Morgan fingerprint density at radius 2 is 2.20 bits per heavy atom. The van der Waals surface area contributed by atoms with Gasteiger partial charge in [-0.15, -0.1) is 0 Å². The van der Waals surface area contributed by atoms with Crippen LogP contribution >= 0.6 is 11.6 Å². The van der Waals surface area contributed by atoms with E-state index in [9.17, 15) is 18.0 Å². The summed E-state index contributed by atoms with van der Waals surface area (Å²) in [7, 11) is 1.60. The average Bonchev–Trinajstić information content (AvgIpc) is 2.30. The number of nitrogens with zero attached hydrogens (tertiary/aromatic N) is 2. The highest BCUT2D eigenvalue weighted by Gasteiger charge is 2.31. The molecule has 0 bridgehead atoms. The van der Waals surface area contributed by atoms with Gasteiger partial charge in [-0.05, 0) is 12.8 Å². The summed E-state index contributed by atoms with van der Waals surface area (Å²) < 4.78 is 42.1. The molecule has 5 nitrogen and oxygen atoms in total. The maximum Gasteiger partial charge on any atom is 0.408 e. The van der Waals surface area contributed by atoms with Gasteiger partial charge >= 0.3 is 6.18 Å². The minimum Gasteiger partial charge on any atom is -0.381 e. The number of hydrogen-bond donors (Lipinski definition) is 1. The van der Waals surface area contributed by atoms with Crippen LogP contribution in [0, 0.1) is 0 Å². The fraction of sp³-hybridized carbons (Fsp3) is 0.636. The molecule has 1 saturated carbocycles. The normalized spacial score (nSPS) is 22.4. The van der Waals surface area contributed by atoms with Crippen molar-refractivity contribution in [1.29, 1.82) is 0 Å². The molecule has 1 aromatic rings. The van der Waals surface area contributed by atoms with Crippen LogP contribution < -0.4 is 10.9 Å². The molecule has 0 saturated heterocycles. The summed E-state index contributed by atoms with van der Waals surface area (Å²) in [5, 5.41) is 6.17. The Morgan fingerprint density at radius 3 is 2.75 bits per heavy atom. The summed E-state index contributed by atoms with van der Waals surface area (Å²) in [5.74, 6) is 0. The van der Waals surface area contributed by atoms with Crippen LogP contribution in [0.3, 0.4) is 0 Å². The molecule has 0 unspecified atom stereocenters. The lowest BCUT2D eigenvalue weighted by atomic mass is 9.89. The molecule has 1 heterocycles. The Kier molecular flexibility index (Phi) is 4.24. The van der Waals surface area contributed by atoms with Crippen molar-refractivity contribution >= 4 is 17.3 Å². The van der Waals surface area contributed by atoms with Gasteiger partial charge in [0.2, 0.25) is 0 Å². The highest BCUT2D eigenvalue weighted by atomic mass is 35.5. The van der Waals surface area contributed by atoms with E-state index < -0.39 is 18.3 Å². The van der Waals surface area contributed by atoms with E-state index in [1.54, 1.807) is 7.11 Å². The molecule has 0 aromatic carbocycles. The first kappa shape index (κ1) is 15.1. The predicted molar refractivity (Wildman–Crippen MR) is 67.0 cm³/mol. The Balaban J connectivity index is 2.09. The predicted octanol–water partition coefficient (Wildman–Crippen LogP) is 2.05. The van der Waals surface area contributed by atoms with Crippen molar-refractivity contribution in [3.05, 3.63) is 21.6 Å². The third-order valence-corrected chi connectivity index (χ3v) is 3.47. The third-order valence-electron chi connectivity index (χ3n) is 3.10. The Labute approximate surface area is 117 Å². The van der Waals surface area contributed by atoms with E-state index in [2.05, 4.69) is 10.4 Å². The smallest absolute Gasteiger partial charge is 0.381 e. The van der Waals surface area contributed by atoms with E-state index in [4.69, 9.17) is 16.3 Å². The molecule has 1 aliphatic rings. The molecule has 9 heteroatoms. The van der Waals surface area contributed by atoms with E-state index in [0.717, 1.165) is 19.0 Å². The van der Waals surface area contributed by atoms with Gasteiger partial charge in [-0.25, -0.2) is 4.68 Å². The molecule has 2 rings (SSSR count). The molecule has 1 fully saturated rings. The van der Waals surface area contributed by atoms with Crippen molar-refractivity contribution in [2.24, 2.45) is 0 Å². The van der Waals surface area contributed by atoms with Crippen LogP contribution in [0.25, 0.3) is 0 Å². The fourth-order valence-electron chi connectivity index (χ4n) is 1.94. The van der Waals surface area contributed by atoms with Gasteiger partial charge in [-0.2, -0.15) is 18.3 Å². The number of rotatable bonds is 4. The topological polar surface area (TPSA) is 56.1 Å². The van der Waals surface area contributed by atoms with Crippen molar-refractivity contribution in [3.8, 4) is 0 Å². The van der Waals surface area contributed by atoms with Crippen molar-refractivity contribution in [3.63, 3.8) is 0 Å². The van der Waals surface area contributed by atoms with Gasteiger partial charge in [0.25, 0.3) is 5.56 Å². The van der Waals surface area contributed by atoms with Crippen LogP contribution in [0.5, 0.6) is 0 Å². The third kappa shape index (κ3) is 3.43. The van der Waals surface area contributed by atoms with Gasteiger partial charge in [-0.3, -0.25) is 4.79 Å². The number of methoxy groups -OCH3 is 1. The molecule has 112 valence electrons. The summed E-state index contributed by atoms with van der Waals surface area (Å²) in [6.45, 7) is -1.46. The van der Waals surface area contributed by atoms with Crippen LogP contribution in [0.2, 0.25) is 5.02 Å². The number of ether oxygens (including phenoxy) is 1. The number of hydrogen-bond acceptors (Lipinski definition) is 4. The maximum absolute atomic E-state index is 12.2.